The fourth-order valence-electron chi connectivity index (χ4n) is 3.29. The fraction of sp³-hybridized carbons (Fsp3) is 0.562. The lowest BCUT2D eigenvalue weighted by Gasteiger charge is -2.36. The molecule has 0 spiro atoms. The molecular formula is C16H22FN3O2. The third kappa shape index (κ3) is 2.69. The van der Waals surface area contributed by atoms with Gasteiger partial charge in [-0.25, -0.2) is 9.18 Å². The zero-order valence-electron chi connectivity index (χ0n) is 13.2. The van der Waals surface area contributed by atoms with E-state index in [9.17, 15) is 9.18 Å². The SMILES string of the molecule is CC(C)(C)OC(=O)N1C[C@@H]2C[C@H]1CN2c1ccc(F)cc1N. The van der Waals surface area contributed by atoms with Gasteiger partial charge in [-0.05, 0) is 45.4 Å². The number of benzene rings is 1. The van der Waals surface area contributed by atoms with Crippen LogP contribution in [0.5, 0.6) is 0 Å². The van der Waals surface area contributed by atoms with Crippen LogP contribution in [0.15, 0.2) is 18.2 Å². The second-order valence-electron chi connectivity index (χ2n) is 7.03. The van der Waals surface area contributed by atoms with Crippen molar-refractivity contribution < 1.29 is 13.9 Å². The monoisotopic (exact) mass is 307 g/mol. The highest BCUT2D eigenvalue weighted by Crippen LogP contribution is 2.37. The molecule has 1 aromatic rings. The number of halogens is 1. The third-order valence-corrected chi connectivity index (χ3v) is 4.17. The lowest BCUT2D eigenvalue weighted by Crippen LogP contribution is -2.50. The van der Waals surface area contributed by atoms with E-state index >= 15 is 0 Å². The Bertz CT molecular complexity index is 600. The highest BCUT2D eigenvalue weighted by molar-refractivity contribution is 5.73. The van der Waals surface area contributed by atoms with Gasteiger partial charge in [0.1, 0.15) is 11.4 Å². The molecule has 0 aromatic heterocycles. The van der Waals surface area contributed by atoms with E-state index in [2.05, 4.69) is 4.90 Å². The number of ether oxygens (including phenoxy) is 1. The summed E-state index contributed by atoms with van der Waals surface area (Å²) in [5, 5.41) is 0. The molecule has 22 heavy (non-hydrogen) atoms. The number of amides is 1. The first-order chi connectivity index (χ1) is 10.2. The molecular weight excluding hydrogens is 285 g/mol. The number of piperazine rings is 1. The molecule has 2 bridgehead atoms. The maximum Gasteiger partial charge on any atom is 0.410 e. The Kier molecular flexibility index (Phi) is 3.42. The first-order valence-electron chi connectivity index (χ1n) is 7.56. The van der Waals surface area contributed by atoms with Crippen molar-refractivity contribution in [2.24, 2.45) is 0 Å². The number of hydrogen-bond donors (Lipinski definition) is 1. The van der Waals surface area contributed by atoms with Gasteiger partial charge in [0.15, 0.2) is 0 Å². The Morgan fingerprint density at radius 1 is 1.32 bits per heavy atom. The number of hydrogen-bond acceptors (Lipinski definition) is 4. The summed E-state index contributed by atoms with van der Waals surface area (Å²) in [6.45, 7) is 6.93. The average molecular weight is 307 g/mol. The van der Waals surface area contributed by atoms with Crippen LogP contribution < -0.4 is 10.6 Å². The van der Waals surface area contributed by atoms with Gasteiger partial charge in [0.05, 0.1) is 17.4 Å². The topological polar surface area (TPSA) is 58.8 Å². The minimum absolute atomic E-state index is 0.129. The fourth-order valence-corrected chi connectivity index (χ4v) is 3.29. The number of nitrogens with two attached hydrogens (primary N) is 1. The van der Waals surface area contributed by atoms with Crippen molar-refractivity contribution in [1.82, 2.24) is 4.90 Å². The molecule has 120 valence electrons. The Morgan fingerprint density at radius 2 is 2.05 bits per heavy atom. The summed E-state index contributed by atoms with van der Waals surface area (Å²) in [6, 6.07) is 4.81. The molecule has 2 heterocycles. The van der Waals surface area contributed by atoms with Crippen LogP contribution in [-0.2, 0) is 4.74 Å². The minimum Gasteiger partial charge on any atom is -0.444 e. The Hall–Kier alpha value is -1.98. The van der Waals surface area contributed by atoms with Crippen molar-refractivity contribution in [2.75, 3.05) is 23.7 Å². The normalized spacial score (nSPS) is 24.0. The number of anilines is 2. The molecule has 2 saturated heterocycles. The molecule has 1 aromatic carbocycles. The van der Waals surface area contributed by atoms with Gasteiger partial charge in [0.25, 0.3) is 0 Å². The average Bonchev–Trinajstić information content (AvgIpc) is 2.96. The highest BCUT2D eigenvalue weighted by Gasteiger charge is 2.46. The molecule has 3 rings (SSSR count). The zero-order chi connectivity index (χ0) is 16.1. The van der Waals surface area contributed by atoms with Crippen molar-refractivity contribution in [1.29, 1.82) is 0 Å². The van der Waals surface area contributed by atoms with E-state index < -0.39 is 5.60 Å². The highest BCUT2D eigenvalue weighted by atomic mass is 19.1. The maximum absolute atomic E-state index is 13.2. The van der Waals surface area contributed by atoms with Crippen LogP contribution in [0.2, 0.25) is 0 Å². The van der Waals surface area contributed by atoms with Crippen LogP contribution in [0, 0.1) is 5.82 Å². The van der Waals surface area contributed by atoms with Crippen molar-refractivity contribution >= 4 is 17.5 Å². The molecule has 2 fully saturated rings. The van der Waals surface area contributed by atoms with Crippen molar-refractivity contribution in [3.8, 4) is 0 Å². The van der Waals surface area contributed by atoms with Crippen LogP contribution in [-0.4, -0.2) is 41.8 Å². The molecule has 0 unspecified atom stereocenters. The van der Waals surface area contributed by atoms with Crippen molar-refractivity contribution in [3.63, 3.8) is 0 Å². The number of rotatable bonds is 1. The van der Waals surface area contributed by atoms with Gasteiger partial charge in [-0.1, -0.05) is 0 Å². The summed E-state index contributed by atoms with van der Waals surface area (Å²) in [4.78, 5) is 16.2. The molecule has 2 atom stereocenters. The predicted molar refractivity (Wildman–Crippen MR) is 83.3 cm³/mol. The number of fused-ring (bicyclic) bond motifs is 2. The number of likely N-dealkylation sites (tertiary alicyclic amines) is 1. The zero-order valence-corrected chi connectivity index (χ0v) is 13.2. The van der Waals surface area contributed by atoms with E-state index in [-0.39, 0.29) is 24.0 Å². The lowest BCUT2D eigenvalue weighted by molar-refractivity contribution is 0.0215. The molecule has 0 saturated carbocycles. The molecule has 1 amide bonds. The largest absolute Gasteiger partial charge is 0.444 e. The smallest absolute Gasteiger partial charge is 0.410 e. The van der Waals surface area contributed by atoms with Gasteiger partial charge in [-0.15, -0.1) is 0 Å². The summed E-state index contributed by atoms with van der Waals surface area (Å²) in [5.41, 5.74) is 6.72. The summed E-state index contributed by atoms with van der Waals surface area (Å²) < 4.78 is 18.6. The Balaban J connectivity index is 1.71. The minimum atomic E-state index is -0.486. The van der Waals surface area contributed by atoms with Gasteiger partial charge in [-0.3, -0.25) is 0 Å². The Morgan fingerprint density at radius 3 is 2.59 bits per heavy atom. The van der Waals surface area contributed by atoms with Crippen molar-refractivity contribution in [2.45, 2.75) is 44.9 Å². The quantitative estimate of drug-likeness (QED) is 0.810. The molecule has 0 radical (unpaired) electrons. The molecule has 0 aliphatic carbocycles. The number of carbonyl (C=O) groups is 1. The first-order valence-corrected chi connectivity index (χ1v) is 7.56. The Labute approximate surface area is 129 Å². The van der Waals surface area contributed by atoms with Crippen LogP contribution in [0.1, 0.15) is 27.2 Å². The predicted octanol–water partition coefficient (Wildman–Crippen LogP) is 2.61. The van der Waals surface area contributed by atoms with Gasteiger partial charge in [0, 0.05) is 19.1 Å². The van der Waals surface area contributed by atoms with E-state index in [4.69, 9.17) is 10.5 Å². The second-order valence-corrected chi connectivity index (χ2v) is 7.03. The van der Waals surface area contributed by atoms with Crippen LogP contribution in [0.25, 0.3) is 0 Å². The van der Waals surface area contributed by atoms with Gasteiger partial charge >= 0.3 is 6.09 Å². The summed E-state index contributed by atoms with van der Waals surface area (Å²) >= 11 is 0. The molecule has 6 heteroatoms. The maximum atomic E-state index is 13.2. The van der Waals surface area contributed by atoms with E-state index in [1.807, 2.05) is 20.8 Å². The van der Waals surface area contributed by atoms with E-state index in [1.54, 1.807) is 11.0 Å². The standard InChI is InChI=1S/C16H22FN3O2/c1-16(2,3)22-15(21)20-9-11-7-12(20)8-19(11)14-5-4-10(17)6-13(14)18/h4-6,11-12H,7-9,18H2,1-3H3/t11-,12-/m0/s1. The van der Waals surface area contributed by atoms with Crippen LogP contribution >= 0.6 is 0 Å². The van der Waals surface area contributed by atoms with Gasteiger partial charge < -0.3 is 20.3 Å². The summed E-state index contributed by atoms with van der Waals surface area (Å²) in [7, 11) is 0. The van der Waals surface area contributed by atoms with Gasteiger partial charge in [-0.2, -0.15) is 0 Å². The molecule has 2 N–H and O–H groups in total. The molecule has 5 nitrogen and oxygen atoms in total. The lowest BCUT2D eigenvalue weighted by atomic mass is 10.2. The van der Waals surface area contributed by atoms with E-state index in [0.717, 1.165) is 12.1 Å². The van der Waals surface area contributed by atoms with Crippen molar-refractivity contribution in [3.05, 3.63) is 24.0 Å². The van der Waals surface area contributed by atoms with E-state index in [0.29, 0.717) is 18.8 Å². The number of carbonyl (C=O) groups excluding carboxylic acids is 1. The third-order valence-electron chi connectivity index (χ3n) is 4.17. The van der Waals surface area contributed by atoms with Gasteiger partial charge in [0.2, 0.25) is 0 Å². The summed E-state index contributed by atoms with van der Waals surface area (Å²) in [5.74, 6) is -0.332. The summed E-state index contributed by atoms with van der Waals surface area (Å²) in [6.07, 6.45) is 0.641. The van der Waals surface area contributed by atoms with E-state index in [1.165, 1.54) is 12.1 Å². The number of nitrogen functional groups attached to an aromatic ring is 1. The second kappa shape index (κ2) is 5.04. The molecule has 2 aliphatic rings. The van der Waals surface area contributed by atoms with Crippen LogP contribution in [0.3, 0.4) is 0 Å². The molecule has 2 aliphatic heterocycles. The number of nitrogens with zero attached hydrogens (tertiary/aromatic N) is 2. The first kappa shape index (κ1) is 14.9. The van der Waals surface area contributed by atoms with Crippen LogP contribution in [0.4, 0.5) is 20.6 Å².